The van der Waals surface area contributed by atoms with Gasteiger partial charge in [0.15, 0.2) is 6.10 Å². The summed E-state index contributed by atoms with van der Waals surface area (Å²) in [5.41, 5.74) is 1.38. The van der Waals surface area contributed by atoms with Gasteiger partial charge in [-0.1, -0.05) is 23.7 Å². The van der Waals surface area contributed by atoms with Crippen molar-refractivity contribution in [1.82, 2.24) is 0 Å². The van der Waals surface area contributed by atoms with Crippen LogP contribution in [-0.4, -0.2) is 31.2 Å². The Labute approximate surface area is 168 Å². The van der Waals surface area contributed by atoms with Crippen LogP contribution in [0, 0.1) is 5.92 Å². The Hall–Kier alpha value is -2.73. The summed E-state index contributed by atoms with van der Waals surface area (Å²) < 4.78 is 16.5. The van der Waals surface area contributed by atoms with Crippen LogP contribution in [0.1, 0.15) is 19.4 Å². The van der Waals surface area contributed by atoms with Crippen molar-refractivity contribution in [3.05, 3.63) is 53.1 Å². The molecule has 2 aromatic rings. The van der Waals surface area contributed by atoms with E-state index in [-0.39, 0.29) is 6.61 Å². The van der Waals surface area contributed by atoms with E-state index < -0.39 is 23.9 Å². The fourth-order valence-corrected chi connectivity index (χ4v) is 3.12. The van der Waals surface area contributed by atoms with Crippen molar-refractivity contribution in [1.29, 1.82) is 0 Å². The van der Waals surface area contributed by atoms with Crippen LogP contribution in [0.4, 0.5) is 5.69 Å². The van der Waals surface area contributed by atoms with Crippen molar-refractivity contribution >= 4 is 29.2 Å². The average molecular weight is 404 g/mol. The first kappa shape index (κ1) is 20.0. The molecule has 28 heavy (non-hydrogen) atoms. The summed E-state index contributed by atoms with van der Waals surface area (Å²) in [6.07, 6.45) is -0.501. The predicted octanol–water partition coefficient (Wildman–Crippen LogP) is 3.86. The number of benzene rings is 2. The van der Waals surface area contributed by atoms with Crippen molar-refractivity contribution in [3.63, 3.8) is 0 Å². The molecule has 3 rings (SSSR count). The fraction of sp³-hybridized carbons (Fsp3) is 0.333. The molecular weight excluding hydrogens is 382 g/mol. The molecule has 1 aliphatic heterocycles. The van der Waals surface area contributed by atoms with Crippen molar-refractivity contribution < 1.29 is 23.8 Å². The lowest BCUT2D eigenvalue weighted by Crippen LogP contribution is -2.36. The van der Waals surface area contributed by atoms with Crippen LogP contribution in [0.2, 0.25) is 5.02 Å². The van der Waals surface area contributed by atoms with Crippen LogP contribution in [-0.2, 0) is 20.7 Å². The quantitative estimate of drug-likeness (QED) is 0.741. The van der Waals surface area contributed by atoms with Crippen LogP contribution in [0.25, 0.3) is 0 Å². The number of para-hydroxylation sites is 2. The van der Waals surface area contributed by atoms with Gasteiger partial charge in [0.1, 0.15) is 18.1 Å². The Morgan fingerprint density at radius 1 is 1.29 bits per heavy atom. The lowest BCUT2D eigenvalue weighted by atomic mass is 9.97. The first-order chi connectivity index (χ1) is 13.5. The fourth-order valence-electron chi connectivity index (χ4n) is 2.92. The molecule has 0 spiro atoms. The topological polar surface area (TPSA) is 73.9 Å². The van der Waals surface area contributed by atoms with E-state index in [9.17, 15) is 9.59 Å². The Balaban J connectivity index is 1.59. The minimum Gasteiger partial charge on any atom is -0.492 e. The summed E-state index contributed by atoms with van der Waals surface area (Å²) in [6, 6.07) is 12.4. The van der Waals surface area contributed by atoms with E-state index in [1.54, 1.807) is 36.4 Å². The SMILES string of the molecule is CCOc1ccccc1NC(=O)[C@H](C)OC(=O)[C@H]1COc2ccc(Cl)cc2C1. The standard InChI is InChI=1S/C21H22ClNO5/c1-3-26-19-7-5-4-6-17(19)23-20(24)13(2)28-21(25)15-10-14-11-16(22)8-9-18(14)27-12-15/h4-9,11,13,15H,3,10,12H2,1-2H3,(H,23,24)/t13-,15+/m0/s1. The molecule has 0 saturated carbocycles. The van der Waals surface area contributed by atoms with Gasteiger partial charge in [-0.3, -0.25) is 9.59 Å². The van der Waals surface area contributed by atoms with Crippen LogP contribution < -0.4 is 14.8 Å². The molecule has 148 valence electrons. The Kier molecular flexibility index (Phi) is 6.41. The van der Waals surface area contributed by atoms with Gasteiger partial charge in [-0.2, -0.15) is 0 Å². The zero-order valence-corrected chi connectivity index (χ0v) is 16.5. The molecule has 1 heterocycles. The summed E-state index contributed by atoms with van der Waals surface area (Å²) in [6.45, 7) is 4.07. The number of carbonyl (C=O) groups excluding carboxylic acids is 2. The first-order valence-corrected chi connectivity index (χ1v) is 9.50. The largest absolute Gasteiger partial charge is 0.492 e. The van der Waals surface area contributed by atoms with Gasteiger partial charge in [0.2, 0.25) is 0 Å². The molecule has 6 nitrogen and oxygen atoms in total. The normalized spacial score (nSPS) is 16.3. The molecule has 2 aromatic carbocycles. The Morgan fingerprint density at radius 2 is 2.07 bits per heavy atom. The molecule has 0 saturated heterocycles. The van der Waals surface area contributed by atoms with E-state index in [2.05, 4.69) is 5.32 Å². The maximum absolute atomic E-state index is 12.5. The minimum absolute atomic E-state index is 0.203. The third kappa shape index (κ3) is 4.75. The van der Waals surface area contributed by atoms with Gasteiger partial charge in [-0.25, -0.2) is 0 Å². The second-order valence-electron chi connectivity index (χ2n) is 6.46. The van der Waals surface area contributed by atoms with Gasteiger partial charge in [-0.15, -0.1) is 0 Å². The number of rotatable bonds is 6. The molecule has 2 atom stereocenters. The summed E-state index contributed by atoms with van der Waals surface area (Å²) >= 11 is 6.01. The number of hydrogen-bond acceptors (Lipinski definition) is 5. The summed E-state index contributed by atoms with van der Waals surface area (Å²) in [4.78, 5) is 24.9. The lowest BCUT2D eigenvalue weighted by Gasteiger charge is -2.25. The van der Waals surface area contributed by atoms with E-state index in [1.165, 1.54) is 6.92 Å². The van der Waals surface area contributed by atoms with Gasteiger partial charge in [-0.05, 0) is 56.2 Å². The van der Waals surface area contributed by atoms with Crippen molar-refractivity contribution in [2.45, 2.75) is 26.4 Å². The van der Waals surface area contributed by atoms with Gasteiger partial charge < -0.3 is 19.5 Å². The number of ether oxygens (including phenoxy) is 3. The summed E-state index contributed by atoms with van der Waals surface area (Å²) in [5.74, 6) is -0.123. The average Bonchev–Trinajstić information content (AvgIpc) is 2.68. The lowest BCUT2D eigenvalue weighted by molar-refractivity contribution is -0.158. The molecule has 1 amide bonds. The molecule has 0 aliphatic carbocycles. The Morgan fingerprint density at radius 3 is 2.86 bits per heavy atom. The number of amides is 1. The number of esters is 1. The van der Waals surface area contributed by atoms with Crippen molar-refractivity contribution in [2.75, 3.05) is 18.5 Å². The van der Waals surface area contributed by atoms with E-state index >= 15 is 0 Å². The second kappa shape index (κ2) is 8.97. The van der Waals surface area contributed by atoms with Gasteiger partial charge in [0.05, 0.1) is 18.2 Å². The van der Waals surface area contributed by atoms with Crippen LogP contribution in [0.3, 0.4) is 0 Å². The minimum atomic E-state index is -0.956. The maximum Gasteiger partial charge on any atom is 0.313 e. The monoisotopic (exact) mass is 403 g/mol. The molecular formula is C21H22ClNO5. The third-order valence-corrected chi connectivity index (χ3v) is 4.60. The molecule has 7 heteroatoms. The van der Waals surface area contributed by atoms with E-state index in [0.717, 1.165) is 5.56 Å². The number of halogens is 1. The molecule has 0 unspecified atom stereocenters. The highest BCUT2D eigenvalue weighted by molar-refractivity contribution is 6.30. The molecule has 0 radical (unpaired) electrons. The summed E-state index contributed by atoms with van der Waals surface area (Å²) in [5, 5.41) is 3.32. The van der Waals surface area contributed by atoms with Crippen molar-refractivity contribution in [3.8, 4) is 11.5 Å². The van der Waals surface area contributed by atoms with Crippen LogP contribution >= 0.6 is 11.6 Å². The number of carbonyl (C=O) groups is 2. The first-order valence-electron chi connectivity index (χ1n) is 9.12. The van der Waals surface area contributed by atoms with E-state index in [0.29, 0.717) is 35.2 Å². The predicted molar refractivity (Wildman–Crippen MR) is 106 cm³/mol. The maximum atomic E-state index is 12.5. The second-order valence-corrected chi connectivity index (χ2v) is 6.90. The third-order valence-electron chi connectivity index (χ3n) is 4.37. The van der Waals surface area contributed by atoms with Crippen molar-refractivity contribution in [2.24, 2.45) is 5.92 Å². The highest BCUT2D eigenvalue weighted by Crippen LogP contribution is 2.30. The number of anilines is 1. The number of fused-ring (bicyclic) bond motifs is 1. The zero-order valence-electron chi connectivity index (χ0n) is 15.7. The van der Waals surface area contributed by atoms with E-state index in [1.807, 2.05) is 13.0 Å². The van der Waals surface area contributed by atoms with E-state index in [4.69, 9.17) is 25.8 Å². The van der Waals surface area contributed by atoms with Crippen LogP contribution in [0.15, 0.2) is 42.5 Å². The molecule has 1 N–H and O–H groups in total. The highest BCUT2D eigenvalue weighted by Gasteiger charge is 2.30. The van der Waals surface area contributed by atoms with Crippen LogP contribution in [0.5, 0.6) is 11.5 Å². The van der Waals surface area contributed by atoms with Gasteiger partial charge >= 0.3 is 5.97 Å². The smallest absolute Gasteiger partial charge is 0.313 e. The molecule has 0 bridgehead atoms. The van der Waals surface area contributed by atoms with Gasteiger partial charge in [0, 0.05) is 5.02 Å². The molecule has 0 fully saturated rings. The number of nitrogens with one attached hydrogen (secondary N) is 1. The van der Waals surface area contributed by atoms with Gasteiger partial charge in [0.25, 0.3) is 5.91 Å². The molecule has 1 aliphatic rings. The zero-order chi connectivity index (χ0) is 20.1. The number of hydrogen-bond donors (Lipinski definition) is 1. The highest BCUT2D eigenvalue weighted by atomic mass is 35.5. The molecule has 0 aromatic heterocycles. The summed E-state index contributed by atoms with van der Waals surface area (Å²) in [7, 11) is 0. The Bertz CT molecular complexity index is 870.